The third-order valence-corrected chi connectivity index (χ3v) is 2.50. The SMILES string of the molecule is CCSc1ccc(C(C)(C)C)nn1. The van der Waals surface area contributed by atoms with Gasteiger partial charge in [-0.3, -0.25) is 0 Å². The predicted octanol–water partition coefficient (Wildman–Crippen LogP) is 2.89. The Kier molecular flexibility index (Phi) is 3.31. The minimum atomic E-state index is 0.0996. The first-order valence-corrected chi connectivity index (χ1v) is 5.49. The average molecular weight is 196 g/mol. The zero-order chi connectivity index (χ0) is 9.90. The van der Waals surface area contributed by atoms with Crippen LogP contribution in [0.25, 0.3) is 0 Å². The van der Waals surface area contributed by atoms with E-state index in [-0.39, 0.29) is 5.41 Å². The van der Waals surface area contributed by atoms with E-state index >= 15 is 0 Å². The monoisotopic (exact) mass is 196 g/mol. The normalized spacial score (nSPS) is 11.7. The molecule has 0 radical (unpaired) electrons. The van der Waals surface area contributed by atoms with Gasteiger partial charge in [-0.15, -0.1) is 16.9 Å². The van der Waals surface area contributed by atoms with E-state index in [9.17, 15) is 0 Å². The Hall–Kier alpha value is -0.570. The molecule has 13 heavy (non-hydrogen) atoms. The lowest BCUT2D eigenvalue weighted by atomic mass is 9.92. The molecule has 0 saturated carbocycles. The Morgan fingerprint density at radius 1 is 1.23 bits per heavy atom. The smallest absolute Gasteiger partial charge is 0.119 e. The fraction of sp³-hybridized carbons (Fsp3) is 0.600. The first-order valence-electron chi connectivity index (χ1n) is 4.51. The fourth-order valence-electron chi connectivity index (χ4n) is 0.945. The van der Waals surface area contributed by atoms with Gasteiger partial charge in [-0.1, -0.05) is 27.7 Å². The number of thioether (sulfide) groups is 1. The standard InChI is InChI=1S/C10H16N2S/c1-5-13-9-7-6-8(11-12-9)10(2,3)4/h6-7H,5H2,1-4H3. The Labute approximate surface area is 84.2 Å². The number of nitrogens with zero attached hydrogens (tertiary/aromatic N) is 2. The second kappa shape index (κ2) is 4.09. The van der Waals surface area contributed by atoms with Gasteiger partial charge in [0.15, 0.2) is 0 Å². The molecule has 0 bridgehead atoms. The van der Waals surface area contributed by atoms with Crippen molar-refractivity contribution in [3.05, 3.63) is 17.8 Å². The summed E-state index contributed by atoms with van der Waals surface area (Å²) in [6.45, 7) is 8.54. The molecule has 0 N–H and O–H groups in total. The van der Waals surface area contributed by atoms with Crippen LogP contribution in [-0.2, 0) is 5.41 Å². The number of rotatable bonds is 2. The van der Waals surface area contributed by atoms with E-state index in [1.807, 2.05) is 6.07 Å². The third-order valence-electron chi connectivity index (χ3n) is 1.70. The number of aromatic nitrogens is 2. The second-order valence-electron chi connectivity index (χ2n) is 3.94. The summed E-state index contributed by atoms with van der Waals surface area (Å²) in [6.07, 6.45) is 0. The molecule has 0 aliphatic heterocycles. The molecule has 0 aliphatic carbocycles. The lowest BCUT2D eigenvalue weighted by molar-refractivity contribution is 0.554. The van der Waals surface area contributed by atoms with Gasteiger partial charge in [0, 0.05) is 5.41 Å². The molecule has 0 aliphatic rings. The van der Waals surface area contributed by atoms with Gasteiger partial charge in [0.25, 0.3) is 0 Å². The molecule has 0 amide bonds. The third kappa shape index (κ3) is 2.99. The molecular weight excluding hydrogens is 180 g/mol. The van der Waals surface area contributed by atoms with Gasteiger partial charge in [-0.2, -0.15) is 5.10 Å². The van der Waals surface area contributed by atoms with Crippen LogP contribution < -0.4 is 0 Å². The van der Waals surface area contributed by atoms with Crippen LogP contribution in [0, 0.1) is 0 Å². The van der Waals surface area contributed by atoms with Crippen molar-refractivity contribution in [3.63, 3.8) is 0 Å². The van der Waals surface area contributed by atoms with Crippen molar-refractivity contribution in [1.29, 1.82) is 0 Å². The van der Waals surface area contributed by atoms with Gasteiger partial charge < -0.3 is 0 Å². The highest BCUT2D eigenvalue weighted by atomic mass is 32.2. The van der Waals surface area contributed by atoms with Crippen molar-refractivity contribution in [1.82, 2.24) is 10.2 Å². The van der Waals surface area contributed by atoms with Gasteiger partial charge in [0.05, 0.1) is 5.69 Å². The van der Waals surface area contributed by atoms with Crippen molar-refractivity contribution >= 4 is 11.8 Å². The van der Waals surface area contributed by atoms with E-state index in [2.05, 4.69) is 44.0 Å². The zero-order valence-corrected chi connectivity index (χ0v) is 9.48. The minimum absolute atomic E-state index is 0.0996. The van der Waals surface area contributed by atoms with Gasteiger partial charge in [-0.05, 0) is 17.9 Å². The Morgan fingerprint density at radius 2 is 1.92 bits per heavy atom. The van der Waals surface area contributed by atoms with Crippen molar-refractivity contribution in [2.24, 2.45) is 0 Å². The first-order chi connectivity index (χ1) is 6.04. The van der Waals surface area contributed by atoms with Crippen LogP contribution in [0.2, 0.25) is 0 Å². The van der Waals surface area contributed by atoms with Gasteiger partial charge in [0.2, 0.25) is 0 Å². The average Bonchev–Trinajstić information content (AvgIpc) is 2.04. The van der Waals surface area contributed by atoms with Crippen LogP contribution in [0.4, 0.5) is 0 Å². The van der Waals surface area contributed by atoms with Crippen molar-refractivity contribution in [2.45, 2.75) is 38.1 Å². The topological polar surface area (TPSA) is 25.8 Å². The molecule has 0 spiro atoms. The molecule has 1 rings (SSSR count). The molecule has 0 unspecified atom stereocenters. The minimum Gasteiger partial charge on any atom is -0.154 e. The van der Waals surface area contributed by atoms with Crippen molar-refractivity contribution in [3.8, 4) is 0 Å². The summed E-state index contributed by atoms with van der Waals surface area (Å²) in [5, 5.41) is 9.36. The lowest BCUT2D eigenvalue weighted by Gasteiger charge is -2.16. The van der Waals surface area contributed by atoms with Crippen LogP contribution in [0.5, 0.6) is 0 Å². The molecule has 72 valence electrons. The maximum atomic E-state index is 4.20. The summed E-state index contributed by atoms with van der Waals surface area (Å²) in [5.74, 6) is 1.05. The lowest BCUT2D eigenvalue weighted by Crippen LogP contribution is -2.14. The van der Waals surface area contributed by atoms with Gasteiger partial charge in [0.1, 0.15) is 5.03 Å². The van der Waals surface area contributed by atoms with E-state index in [4.69, 9.17) is 0 Å². The van der Waals surface area contributed by atoms with Gasteiger partial charge >= 0.3 is 0 Å². The highest BCUT2D eigenvalue weighted by Gasteiger charge is 2.15. The number of hydrogen-bond acceptors (Lipinski definition) is 3. The summed E-state index contributed by atoms with van der Waals surface area (Å²) < 4.78 is 0. The molecule has 1 aromatic rings. The van der Waals surface area contributed by atoms with E-state index in [1.165, 1.54) is 0 Å². The molecule has 0 fully saturated rings. The van der Waals surface area contributed by atoms with Gasteiger partial charge in [-0.25, -0.2) is 0 Å². The first kappa shape index (κ1) is 10.5. The van der Waals surface area contributed by atoms with Crippen molar-refractivity contribution < 1.29 is 0 Å². The summed E-state index contributed by atoms with van der Waals surface area (Å²) in [4.78, 5) is 0. The van der Waals surface area contributed by atoms with E-state index in [0.29, 0.717) is 0 Å². The molecule has 3 heteroatoms. The summed E-state index contributed by atoms with van der Waals surface area (Å²) in [5.41, 5.74) is 1.15. The van der Waals surface area contributed by atoms with E-state index < -0.39 is 0 Å². The van der Waals surface area contributed by atoms with Crippen molar-refractivity contribution in [2.75, 3.05) is 5.75 Å². The molecule has 0 aromatic carbocycles. The second-order valence-corrected chi connectivity index (χ2v) is 5.22. The fourth-order valence-corrected chi connectivity index (χ4v) is 1.50. The maximum Gasteiger partial charge on any atom is 0.119 e. The van der Waals surface area contributed by atoms with Crippen LogP contribution in [0.3, 0.4) is 0 Å². The van der Waals surface area contributed by atoms with Crippen LogP contribution in [0.15, 0.2) is 17.2 Å². The molecule has 2 nitrogen and oxygen atoms in total. The van der Waals surface area contributed by atoms with Crippen LogP contribution >= 0.6 is 11.8 Å². The molecular formula is C10H16N2S. The van der Waals surface area contributed by atoms with E-state index in [1.54, 1.807) is 11.8 Å². The Morgan fingerprint density at radius 3 is 2.31 bits per heavy atom. The largest absolute Gasteiger partial charge is 0.154 e. The number of hydrogen-bond donors (Lipinski definition) is 0. The zero-order valence-electron chi connectivity index (χ0n) is 8.66. The Bertz CT molecular complexity index is 261. The summed E-state index contributed by atoms with van der Waals surface area (Å²) in [7, 11) is 0. The van der Waals surface area contributed by atoms with Crippen LogP contribution in [0.1, 0.15) is 33.4 Å². The quantitative estimate of drug-likeness (QED) is 0.680. The molecule has 1 aromatic heterocycles. The molecule has 0 saturated heterocycles. The highest BCUT2D eigenvalue weighted by molar-refractivity contribution is 7.99. The maximum absolute atomic E-state index is 4.20. The highest BCUT2D eigenvalue weighted by Crippen LogP contribution is 2.21. The summed E-state index contributed by atoms with van der Waals surface area (Å²) >= 11 is 1.72. The van der Waals surface area contributed by atoms with E-state index in [0.717, 1.165) is 16.5 Å². The predicted molar refractivity (Wildman–Crippen MR) is 57.1 cm³/mol. The van der Waals surface area contributed by atoms with Crippen LogP contribution in [-0.4, -0.2) is 16.0 Å². The summed E-state index contributed by atoms with van der Waals surface area (Å²) in [6, 6.07) is 4.10. The molecule has 0 atom stereocenters. The Balaban J connectivity index is 2.81. The molecule has 1 heterocycles.